The van der Waals surface area contributed by atoms with Crippen molar-refractivity contribution >= 4 is 46.4 Å². The second-order valence-electron chi connectivity index (χ2n) is 10.4. The molecule has 25 nitrogen and oxygen atoms in total. The van der Waals surface area contributed by atoms with Gasteiger partial charge < -0.3 is 70.7 Å². The number of aliphatic hydroxyl groups excluding tert-OH is 3. The fraction of sp³-hybridized carbons (Fsp3) is 0.524. The summed E-state index contributed by atoms with van der Waals surface area (Å²) >= 11 is 0. The molecule has 10 unspecified atom stereocenters. The number of primary amides is 1. The van der Waals surface area contributed by atoms with Crippen LogP contribution in [-0.2, 0) is 45.8 Å². The second kappa shape index (κ2) is 16.5. The monoisotopic (exact) mass is 785 g/mol. The predicted molar refractivity (Wildman–Crippen MR) is 154 cm³/mol. The zero-order valence-electron chi connectivity index (χ0n) is 25.5. The van der Waals surface area contributed by atoms with Gasteiger partial charge in [-0.2, -0.15) is 0 Å². The van der Waals surface area contributed by atoms with Crippen molar-refractivity contribution in [3.63, 3.8) is 0 Å². The van der Waals surface area contributed by atoms with E-state index in [-0.39, 0.29) is 64.0 Å². The summed E-state index contributed by atoms with van der Waals surface area (Å²) in [5, 5.41) is 31.5. The van der Waals surface area contributed by atoms with E-state index in [0.29, 0.717) is 0 Å². The van der Waals surface area contributed by atoms with Crippen LogP contribution in [0, 0.1) is 0 Å². The fourth-order valence-corrected chi connectivity index (χ4v) is 7.53. The molecule has 3 aliphatic heterocycles. The molecule has 50 heavy (non-hydrogen) atoms. The summed E-state index contributed by atoms with van der Waals surface area (Å²) in [6.45, 7) is -2.11. The summed E-state index contributed by atoms with van der Waals surface area (Å²) in [6.07, 6.45) is -6.69. The van der Waals surface area contributed by atoms with Gasteiger partial charge in [0.1, 0.15) is 48.5 Å². The number of nitrogen functional groups attached to an aromatic ring is 1. The van der Waals surface area contributed by atoms with Gasteiger partial charge in [0.15, 0.2) is 23.9 Å². The molecule has 0 spiro atoms. The zero-order valence-corrected chi connectivity index (χ0v) is 30.2. The minimum absolute atomic E-state index is 0. The van der Waals surface area contributed by atoms with Gasteiger partial charge in [-0.25, -0.2) is 28.4 Å². The number of ether oxygens (including phenoxy) is 2. The molecule has 0 saturated carbocycles. The van der Waals surface area contributed by atoms with E-state index in [1.807, 2.05) is 0 Å². The van der Waals surface area contributed by atoms with Crippen LogP contribution in [0.25, 0.3) is 11.2 Å². The molecule has 12 N–H and O–H groups in total. The van der Waals surface area contributed by atoms with E-state index in [4.69, 9.17) is 20.9 Å². The fourth-order valence-electron chi connectivity index (χ4n) is 4.93. The number of phosphoric ester groups is 3. The number of anilines is 1. The summed E-state index contributed by atoms with van der Waals surface area (Å²) in [5.41, 5.74) is 11.2. The summed E-state index contributed by atoms with van der Waals surface area (Å²) in [5.74, 6) is -0.805. The Hall–Kier alpha value is -1.77. The SMILES string of the molecule is NC(=O)C1=CN(C2OC(COP(=O)(O)OP(=O)([O-])OCC3OC(n4cnc5c(N)ncnc54)C(OP(=O)(O)O)C3O)C(O)C2O)C=CC1.O.[Na+]. The van der Waals surface area contributed by atoms with E-state index in [1.54, 1.807) is 0 Å². The third kappa shape index (κ3) is 9.80. The Morgan fingerprint density at radius 2 is 1.64 bits per heavy atom. The van der Waals surface area contributed by atoms with Gasteiger partial charge in [0.25, 0.3) is 7.82 Å². The normalized spacial score (nSPS) is 30.6. The van der Waals surface area contributed by atoms with Gasteiger partial charge in [-0.05, 0) is 6.42 Å². The molecule has 5 heterocycles. The first-order valence-electron chi connectivity index (χ1n) is 13.5. The molecule has 10 atom stereocenters. The average molecular weight is 785 g/mol. The second-order valence-corrected chi connectivity index (χ2v) is 14.6. The number of amides is 1. The maximum absolute atomic E-state index is 12.5. The molecule has 2 fully saturated rings. The van der Waals surface area contributed by atoms with Crippen molar-refractivity contribution < 1.29 is 116 Å². The van der Waals surface area contributed by atoms with Gasteiger partial charge in [0.05, 0.1) is 19.5 Å². The number of carbonyl (C=O) groups excluding carboxylic acids is 1. The molecular weight excluding hydrogens is 754 g/mol. The van der Waals surface area contributed by atoms with Crippen molar-refractivity contribution in [2.75, 3.05) is 18.9 Å². The average Bonchev–Trinajstić information content (AvgIpc) is 3.64. The number of imidazole rings is 1. The van der Waals surface area contributed by atoms with E-state index in [2.05, 4.69) is 32.8 Å². The summed E-state index contributed by atoms with van der Waals surface area (Å²) in [4.78, 5) is 65.7. The maximum atomic E-state index is 12.5. The van der Waals surface area contributed by atoms with E-state index in [0.717, 1.165) is 17.2 Å². The summed E-state index contributed by atoms with van der Waals surface area (Å²) in [6, 6.07) is 0. The van der Waals surface area contributed by atoms with Gasteiger partial charge in [0, 0.05) is 18.0 Å². The standard InChI is InChI=1S/C21H30N7O17P3.Na.H2O/c22-17-12-19(25-7-24-17)28(8-26-12)21-16(44-46(33,34)35)14(30)11(43-21)6-41-48(38,39)45-47(36,37)40-5-10-13(29)15(31)20(42-10)27-3-1-2-9(4-27)18(23)32;;/h1,3-4,7-8,10-11,13-16,20-21,29-31H,2,5-6H2,(H2,23,32)(H,36,37)(H,38,39)(H2,22,24,25)(H2,33,34,35);;1H2/q;+1;/p-1. The molecule has 3 aliphatic rings. The number of nitrogens with two attached hydrogens (primary N) is 2. The van der Waals surface area contributed by atoms with Gasteiger partial charge in [-0.3, -0.25) is 23.0 Å². The smallest absolute Gasteiger partial charge is 0.756 e. The van der Waals surface area contributed by atoms with Gasteiger partial charge >= 0.3 is 45.2 Å². The number of hydrogen-bond acceptors (Lipinski definition) is 19. The first kappa shape index (κ1) is 42.6. The first-order valence-corrected chi connectivity index (χ1v) is 18.0. The number of aliphatic hydroxyl groups is 3. The van der Waals surface area contributed by atoms with E-state index < -0.39 is 91.7 Å². The Morgan fingerprint density at radius 3 is 2.30 bits per heavy atom. The van der Waals surface area contributed by atoms with Crippen LogP contribution >= 0.6 is 23.5 Å². The number of fused-ring (bicyclic) bond motifs is 1. The van der Waals surface area contributed by atoms with Gasteiger partial charge in [-0.1, -0.05) is 6.08 Å². The summed E-state index contributed by atoms with van der Waals surface area (Å²) in [7, 11) is -16.6. The molecule has 2 saturated heterocycles. The van der Waals surface area contributed by atoms with Gasteiger partial charge in [-0.15, -0.1) is 0 Å². The number of nitrogens with zero attached hydrogens (tertiary/aromatic N) is 5. The molecule has 5 rings (SSSR count). The van der Waals surface area contributed by atoms with Crippen LogP contribution in [0.15, 0.2) is 36.7 Å². The van der Waals surface area contributed by atoms with Crippen molar-refractivity contribution in [3.05, 3.63) is 36.7 Å². The van der Waals surface area contributed by atoms with Crippen LogP contribution in [-0.4, -0.2) is 122 Å². The quantitative estimate of drug-likeness (QED) is 0.0691. The number of aromatic nitrogens is 4. The number of hydrogen-bond donors (Lipinski definition) is 8. The molecule has 0 aliphatic carbocycles. The minimum atomic E-state index is -5.77. The van der Waals surface area contributed by atoms with Crippen LogP contribution in [0.5, 0.6) is 0 Å². The predicted octanol–water partition coefficient (Wildman–Crippen LogP) is -7.02. The largest absolute Gasteiger partial charge is 1.00 e. The zero-order chi connectivity index (χ0) is 35.2. The van der Waals surface area contributed by atoms with Crippen LogP contribution < -0.4 is 45.9 Å². The summed E-state index contributed by atoms with van der Waals surface area (Å²) < 4.78 is 66.7. The van der Waals surface area contributed by atoms with Crippen LogP contribution in [0.2, 0.25) is 0 Å². The molecule has 2 aromatic heterocycles. The molecule has 0 aromatic carbocycles. The number of rotatable bonds is 13. The van der Waals surface area contributed by atoms with E-state index >= 15 is 0 Å². The third-order valence-corrected chi connectivity index (χ3v) is 10.2. The van der Waals surface area contributed by atoms with E-state index in [9.17, 15) is 53.4 Å². The molecular formula is C21H31N7NaO18P3. The first-order chi connectivity index (χ1) is 22.4. The minimum Gasteiger partial charge on any atom is -0.756 e. The maximum Gasteiger partial charge on any atom is 1.00 e. The molecule has 1 amide bonds. The van der Waals surface area contributed by atoms with Crippen molar-refractivity contribution in [2.45, 2.75) is 55.5 Å². The third-order valence-electron chi connectivity index (χ3n) is 7.10. The number of phosphoric acid groups is 3. The van der Waals surface area contributed by atoms with Crippen molar-refractivity contribution in [1.29, 1.82) is 0 Å². The Balaban J connectivity index is 0.00000338. The molecule has 2 aromatic rings. The topological polar surface area (TPSA) is 398 Å². The Labute approximate surface area is 302 Å². The van der Waals surface area contributed by atoms with Crippen molar-refractivity contribution in [3.8, 4) is 0 Å². The van der Waals surface area contributed by atoms with Crippen LogP contribution in [0.4, 0.5) is 5.82 Å². The van der Waals surface area contributed by atoms with Crippen LogP contribution in [0.3, 0.4) is 0 Å². The Kier molecular flexibility index (Phi) is 14.1. The molecule has 29 heteroatoms. The Bertz CT molecular complexity index is 1740. The molecule has 0 bridgehead atoms. The molecule has 0 radical (unpaired) electrons. The van der Waals surface area contributed by atoms with Crippen LogP contribution in [0.1, 0.15) is 12.6 Å². The Morgan fingerprint density at radius 1 is 1.00 bits per heavy atom. The van der Waals surface area contributed by atoms with Crippen molar-refractivity contribution in [1.82, 2.24) is 24.4 Å². The number of carbonyl (C=O) groups is 1. The molecule has 274 valence electrons. The van der Waals surface area contributed by atoms with Crippen molar-refractivity contribution in [2.24, 2.45) is 5.73 Å². The van der Waals surface area contributed by atoms with Gasteiger partial charge in [0.2, 0.25) is 5.91 Å². The van der Waals surface area contributed by atoms with E-state index in [1.165, 1.54) is 23.4 Å². The number of allylic oxidation sites excluding steroid dienone is 1.